The lowest BCUT2D eigenvalue weighted by Gasteiger charge is -2.11. The molecule has 1 aromatic heterocycles. The van der Waals surface area contributed by atoms with Crippen LogP contribution in [0.25, 0.3) is 0 Å². The summed E-state index contributed by atoms with van der Waals surface area (Å²) in [5, 5.41) is 0. The minimum Gasteiger partial charge on any atom is -0.381 e. The third-order valence-corrected chi connectivity index (χ3v) is 2.58. The molecule has 2 rings (SSSR count). The fraction of sp³-hybridized carbons (Fsp3) is 0.600. The first-order valence-electron chi connectivity index (χ1n) is 5.03. The van der Waals surface area contributed by atoms with E-state index in [1.165, 1.54) is 0 Å². The van der Waals surface area contributed by atoms with Crippen molar-refractivity contribution in [2.75, 3.05) is 5.73 Å². The van der Waals surface area contributed by atoms with E-state index in [2.05, 4.69) is 9.97 Å². The van der Waals surface area contributed by atoms with Gasteiger partial charge in [0.1, 0.15) is 6.10 Å². The van der Waals surface area contributed by atoms with Gasteiger partial charge in [0.05, 0.1) is 11.8 Å². The van der Waals surface area contributed by atoms with Gasteiger partial charge in [-0.1, -0.05) is 0 Å². The van der Waals surface area contributed by atoms with Crippen molar-refractivity contribution in [3.63, 3.8) is 0 Å². The molecule has 82 valence electrons. The van der Waals surface area contributed by atoms with Crippen LogP contribution in [0.5, 0.6) is 0 Å². The number of halogens is 1. The van der Waals surface area contributed by atoms with Gasteiger partial charge in [0.2, 0.25) is 0 Å². The fourth-order valence-electron chi connectivity index (χ4n) is 1.74. The number of hydrogen-bond acceptors (Lipinski definition) is 4. The maximum atomic E-state index is 13.2. The topological polar surface area (TPSA) is 61.0 Å². The van der Waals surface area contributed by atoms with Gasteiger partial charge in [-0.25, -0.2) is 14.4 Å². The van der Waals surface area contributed by atoms with Gasteiger partial charge >= 0.3 is 0 Å². The summed E-state index contributed by atoms with van der Waals surface area (Å²) in [4.78, 5) is 7.98. The zero-order chi connectivity index (χ0) is 11.0. The Morgan fingerprint density at radius 3 is 2.67 bits per heavy atom. The van der Waals surface area contributed by atoms with Crippen LogP contribution in [0.3, 0.4) is 0 Å². The molecular weight excluding hydrogens is 197 g/mol. The zero-order valence-corrected chi connectivity index (χ0v) is 8.83. The van der Waals surface area contributed by atoms with Gasteiger partial charge in [0.25, 0.3) is 0 Å². The number of aromatic nitrogens is 2. The number of rotatable bonds is 1. The Bertz CT molecular complexity index is 360. The molecule has 0 bridgehead atoms. The third-order valence-electron chi connectivity index (χ3n) is 2.58. The lowest BCUT2D eigenvalue weighted by molar-refractivity contribution is 0.0501. The first kappa shape index (κ1) is 10.3. The van der Waals surface area contributed by atoms with Gasteiger partial charge < -0.3 is 10.5 Å². The highest BCUT2D eigenvalue weighted by atomic mass is 19.1. The monoisotopic (exact) mass is 211 g/mol. The molecule has 0 aliphatic carbocycles. The summed E-state index contributed by atoms with van der Waals surface area (Å²) in [7, 11) is 0. The van der Waals surface area contributed by atoms with Gasteiger partial charge in [-0.05, 0) is 26.7 Å². The van der Waals surface area contributed by atoms with Crippen LogP contribution < -0.4 is 5.73 Å². The molecule has 2 N–H and O–H groups in total. The lowest BCUT2D eigenvalue weighted by Crippen LogP contribution is -2.10. The normalized spacial score (nSPS) is 25.8. The largest absolute Gasteiger partial charge is 0.381 e. The highest BCUT2D eigenvalue weighted by Gasteiger charge is 2.26. The number of nitrogens with two attached hydrogens (primary N) is 1. The second kappa shape index (κ2) is 3.73. The van der Waals surface area contributed by atoms with Crippen molar-refractivity contribution in [1.82, 2.24) is 9.97 Å². The highest BCUT2D eigenvalue weighted by Crippen LogP contribution is 2.31. The van der Waals surface area contributed by atoms with E-state index in [9.17, 15) is 4.39 Å². The van der Waals surface area contributed by atoms with Gasteiger partial charge in [0, 0.05) is 0 Å². The molecule has 0 amide bonds. The Balaban J connectivity index is 2.29. The molecule has 0 saturated carbocycles. The van der Waals surface area contributed by atoms with Crippen LogP contribution >= 0.6 is 0 Å². The van der Waals surface area contributed by atoms with Crippen LogP contribution in [0, 0.1) is 12.7 Å². The number of nitrogen functional groups attached to an aromatic ring is 1. The van der Waals surface area contributed by atoms with E-state index in [0.29, 0.717) is 5.82 Å². The second-order valence-corrected chi connectivity index (χ2v) is 3.88. The van der Waals surface area contributed by atoms with Crippen molar-refractivity contribution in [3.05, 3.63) is 17.3 Å². The molecule has 1 saturated heterocycles. The molecular formula is C10H14FN3O. The Morgan fingerprint density at radius 1 is 1.40 bits per heavy atom. The van der Waals surface area contributed by atoms with Crippen molar-refractivity contribution >= 4 is 5.82 Å². The summed E-state index contributed by atoms with van der Waals surface area (Å²) >= 11 is 0. The predicted molar refractivity (Wildman–Crippen MR) is 53.7 cm³/mol. The molecule has 0 spiro atoms. The zero-order valence-electron chi connectivity index (χ0n) is 8.83. The van der Waals surface area contributed by atoms with Gasteiger partial charge in [-0.15, -0.1) is 0 Å². The van der Waals surface area contributed by atoms with Crippen molar-refractivity contribution in [3.8, 4) is 0 Å². The second-order valence-electron chi connectivity index (χ2n) is 3.88. The third kappa shape index (κ3) is 1.92. The number of hydrogen-bond donors (Lipinski definition) is 1. The SMILES string of the molecule is Cc1nc(C2CCC(C)O2)nc(N)c1F. The highest BCUT2D eigenvalue weighted by molar-refractivity contribution is 5.32. The summed E-state index contributed by atoms with van der Waals surface area (Å²) in [5.41, 5.74) is 5.72. The van der Waals surface area contributed by atoms with Gasteiger partial charge in [-0.3, -0.25) is 0 Å². The molecule has 0 aromatic carbocycles. The van der Waals surface area contributed by atoms with Crippen molar-refractivity contribution in [1.29, 1.82) is 0 Å². The molecule has 2 atom stereocenters. The summed E-state index contributed by atoms with van der Waals surface area (Å²) in [6.07, 6.45) is 1.92. The Hall–Kier alpha value is -1.23. The Labute approximate surface area is 87.7 Å². The number of ether oxygens (including phenoxy) is 1. The van der Waals surface area contributed by atoms with E-state index < -0.39 is 5.82 Å². The van der Waals surface area contributed by atoms with Crippen molar-refractivity contribution < 1.29 is 9.13 Å². The Morgan fingerprint density at radius 2 is 2.13 bits per heavy atom. The average molecular weight is 211 g/mol. The summed E-state index contributed by atoms with van der Waals surface area (Å²) in [6, 6.07) is 0. The first-order valence-corrected chi connectivity index (χ1v) is 5.03. The molecule has 1 aromatic rings. The van der Waals surface area contributed by atoms with Crippen LogP contribution in [0.1, 0.15) is 37.4 Å². The molecule has 1 fully saturated rings. The molecule has 0 radical (unpaired) electrons. The standard InChI is InChI=1S/C10H14FN3O/c1-5-3-4-7(15-5)10-13-6(2)8(11)9(12)14-10/h5,7H,3-4H2,1-2H3,(H2,12,13,14). The molecule has 2 unspecified atom stereocenters. The summed E-state index contributed by atoms with van der Waals surface area (Å²) < 4.78 is 18.8. The fourth-order valence-corrected chi connectivity index (χ4v) is 1.74. The maximum Gasteiger partial charge on any atom is 0.186 e. The van der Waals surface area contributed by atoms with Crippen LogP contribution in [0.4, 0.5) is 10.2 Å². The molecule has 4 nitrogen and oxygen atoms in total. The number of nitrogens with zero attached hydrogens (tertiary/aromatic N) is 2. The minimum atomic E-state index is -0.537. The first-order chi connectivity index (χ1) is 7.08. The maximum absolute atomic E-state index is 13.2. The predicted octanol–water partition coefficient (Wildman–Crippen LogP) is 1.75. The smallest absolute Gasteiger partial charge is 0.186 e. The molecule has 1 aliphatic rings. The quantitative estimate of drug-likeness (QED) is 0.768. The molecule has 2 heterocycles. The summed E-state index contributed by atoms with van der Waals surface area (Å²) in [6.45, 7) is 3.58. The van der Waals surface area contributed by atoms with Gasteiger partial charge in [0.15, 0.2) is 17.5 Å². The average Bonchev–Trinajstić information content (AvgIpc) is 2.60. The van der Waals surface area contributed by atoms with E-state index in [1.54, 1.807) is 6.92 Å². The number of anilines is 1. The van der Waals surface area contributed by atoms with Crippen molar-refractivity contribution in [2.24, 2.45) is 0 Å². The van der Waals surface area contributed by atoms with E-state index in [0.717, 1.165) is 12.8 Å². The van der Waals surface area contributed by atoms with E-state index in [1.807, 2.05) is 6.92 Å². The van der Waals surface area contributed by atoms with Crippen LogP contribution in [0.15, 0.2) is 0 Å². The molecule has 1 aliphatic heterocycles. The number of aryl methyl sites for hydroxylation is 1. The Kier molecular flexibility index (Phi) is 2.56. The lowest BCUT2D eigenvalue weighted by atomic mass is 10.2. The molecule has 5 heteroatoms. The summed E-state index contributed by atoms with van der Waals surface area (Å²) in [5.74, 6) is -0.138. The van der Waals surface area contributed by atoms with Crippen molar-refractivity contribution in [2.45, 2.75) is 38.9 Å². The van der Waals surface area contributed by atoms with E-state index >= 15 is 0 Å². The molecule has 15 heavy (non-hydrogen) atoms. The van der Waals surface area contributed by atoms with E-state index in [4.69, 9.17) is 10.5 Å². The van der Waals surface area contributed by atoms with E-state index in [-0.39, 0.29) is 23.7 Å². The minimum absolute atomic E-state index is 0.0966. The van der Waals surface area contributed by atoms with Crippen LogP contribution in [-0.2, 0) is 4.74 Å². The van der Waals surface area contributed by atoms with Gasteiger partial charge in [-0.2, -0.15) is 0 Å². The van der Waals surface area contributed by atoms with Crippen LogP contribution in [0.2, 0.25) is 0 Å². The van der Waals surface area contributed by atoms with Crippen LogP contribution in [-0.4, -0.2) is 16.1 Å².